The van der Waals surface area contributed by atoms with Crippen molar-refractivity contribution >= 4 is 23.2 Å². The van der Waals surface area contributed by atoms with E-state index in [1.165, 1.54) is 6.20 Å². The predicted octanol–water partition coefficient (Wildman–Crippen LogP) is 3.59. The van der Waals surface area contributed by atoms with Gasteiger partial charge in [0.25, 0.3) is 0 Å². The van der Waals surface area contributed by atoms with Crippen molar-refractivity contribution in [3.63, 3.8) is 0 Å². The Balaban J connectivity index is 2.07. The van der Waals surface area contributed by atoms with E-state index in [4.69, 9.17) is 23.2 Å². The minimum Gasteiger partial charge on any atom is -0.312 e. The molecule has 6 heteroatoms. The highest BCUT2D eigenvalue weighted by Crippen LogP contribution is 2.25. The lowest BCUT2D eigenvalue weighted by molar-refractivity contribution is 0.551. The third-order valence-corrected chi connectivity index (χ3v) is 3.10. The first kappa shape index (κ1) is 15.2. The highest BCUT2D eigenvalue weighted by atomic mass is 35.5. The number of pyridine rings is 1. The van der Waals surface area contributed by atoms with Crippen molar-refractivity contribution in [3.8, 4) is 11.5 Å². The Kier molecular flexibility index (Phi) is 5.29. The van der Waals surface area contributed by atoms with Crippen LogP contribution >= 0.6 is 23.2 Å². The summed E-state index contributed by atoms with van der Waals surface area (Å²) in [5.74, 6) is 1.12. The second-order valence-corrected chi connectivity index (χ2v) is 5.77. The average molecular weight is 311 g/mol. The minimum absolute atomic E-state index is 0.447. The third-order valence-electron chi connectivity index (χ3n) is 2.61. The molecule has 0 spiro atoms. The number of halogens is 2. The monoisotopic (exact) mass is 310 g/mol. The molecule has 1 N–H and O–H groups in total. The molecule has 0 radical (unpaired) electrons. The Morgan fingerprint density at radius 1 is 1.10 bits per heavy atom. The molecule has 0 aliphatic rings. The van der Waals surface area contributed by atoms with Crippen LogP contribution in [0.25, 0.3) is 11.5 Å². The molecular formula is C14H16Cl2N4. The fraction of sp³-hybridized carbons (Fsp3) is 0.357. The lowest BCUT2D eigenvalue weighted by Gasteiger charge is -2.07. The Hall–Kier alpha value is -1.23. The molecule has 106 valence electrons. The number of nitrogens with one attached hydrogen (secondary N) is 1. The van der Waals surface area contributed by atoms with Gasteiger partial charge in [-0.25, -0.2) is 15.0 Å². The first-order valence-corrected chi connectivity index (χ1v) is 7.15. The van der Waals surface area contributed by atoms with Crippen molar-refractivity contribution in [1.29, 1.82) is 0 Å². The van der Waals surface area contributed by atoms with Crippen LogP contribution < -0.4 is 5.32 Å². The van der Waals surface area contributed by atoms with Crippen molar-refractivity contribution in [2.75, 3.05) is 6.54 Å². The van der Waals surface area contributed by atoms with E-state index in [0.29, 0.717) is 27.5 Å². The van der Waals surface area contributed by atoms with Gasteiger partial charge in [-0.05, 0) is 18.5 Å². The van der Waals surface area contributed by atoms with Gasteiger partial charge < -0.3 is 5.32 Å². The maximum atomic E-state index is 6.08. The van der Waals surface area contributed by atoms with Gasteiger partial charge in [-0.1, -0.05) is 37.0 Å². The predicted molar refractivity (Wildman–Crippen MR) is 81.8 cm³/mol. The van der Waals surface area contributed by atoms with Crippen LogP contribution in [0.5, 0.6) is 0 Å². The summed E-state index contributed by atoms with van der Waals surface area (Å²) in [6.07, 6.45) is 5.09. The van der Waals surface area contributed by atoms with Crippen LogP contribution in [0.4, 0.5) is 0 Å². The number of hydrogen-bond donors (Lipinski definition) is 1. The molecule has 0 bridgehead atoms. The molecule has 2 heterocycles. The molecule has 0 saturated carbocycles. The molecular weight excluding hydrogens is 295 g/mol. The fourth-order valence-electron chi connectivity index (χ4n) is 1.65. The number of rotatable bonds is 5. The molecule has 4 nitrogen and oxygen atoms in total. The zero-order valence-corrected chi connectivity index (χ0v) is 12.9. The second-order valence-electron chi connectivity index (χ2n) is 4.92. The summed E-state index contributed by atoms with van der Waals surface area (Å²) in [6.45, 7) is 6.05. The molecule has 0 aromatic carbocycles. The van der Waals surface area contributed by atoms with Crippen LogP contribution in [0.15, 0.2) is 24.7 Å². The molecule has 2 rings (SSSR count). The van der Waals surface area contributed by atoms with E-state index < -0.39 is 0 Å². The molecule has 0 atom stereocenters. The smallest absolute Gasteiger partial charge is 0.179 e. The number of hydrogen-bond acceptors (Lipinski definition) is 4. The molecule has 0 fully saturated rings. The highest BCUT2D eigenvalue weighted by Gasteiger charge is 2.08. The van der Waals surface area contributed by atoms with Crippen LogP contribution in [0, 0.1) is 5.92 Å². The van der Waals surface area contributed by atoms with E-state index in [1.807, 2.05) is 0 Å². The summed E-state index contributed by atoms with van der Waals surface area (Å²) in [5.41, 5.74) is 1.57. The Labute approximate surface area is 128 Å². The molecule has 0 unspecified atom stereocenters. The molecule has 0 amide bonds. The summed E-state index contributed by atoms with van der Waals surface area (Å²) in [4.78, 5) is 12.8. The fourth-order valence-corrected chi connectivity index (χ4v) is 2.12. The van der Waals surface area contributed by atoms with E-state index >= 15 is 0 Å². The summed E-state index contributed by atoms with van der Waals surface area (Å²) < 4.78 is 0. The normalized spacial score (nSPS) is 11.1. The minimum atomic E-state index is 0.447. The van der Waals surface area contributed by atoms with Crippen LogP contribution in [0.1, 0.15) is 19.4 Å². The maximum Gasteiger partial charge on any atom is 0.179 e. The van der Waals surface area contributed by atoms with E-state index in [-0.39, 0.29) is 0 Å². The zero-order valence-electron chi connectivity index (χ0n) is 11.4. The number of nitrogens with zero attached hydrogens (tertiary/aromatic N) is 3. The molecule has 0 aliphatic carbocycles. The van der Waals surface area contributed by atoms with Gasteiger partial charge in [-0.3, -0.25) is 0 Å². The van der Waals surface area contributed by atoms with Gasteiger partial charge in [0.1, 0.15) is 5.69 Å². The van der Waals surface area contributed by atoms with Gasteiger partial charge >= 0.3 is 0 Å². The van der Waals surface area contributed by atoms with Crippen LogP contribution in [-0.2, 0) is 6.54 Å². The summed E-state index contributed by atoms with van der Waals surface area (Å²) in [7, 11) is 0. The van der Waals surface area contributed by atoms with Crippen molar-refractivity contribution in [3.05, 3.63) is 40.3 Å². The Morgan fingerprint density at radius 2 is 1.80 bits per heavy atom. The Morgan fingerprint density at radius 3 is 2.40 bits per heavy atom. The molecule has 0 saturated heterocycles. The van der Waals surface area contributed by atoms with Crippen molar-refractivity contribution < 1.29 is 0 Å². The van der Waals surface area contributed by atoms with E-state index in [9.17, 15) is 0 Å². The first-order valence-electron chi connectivity index (χ1n) is 6.39. The molecule has 2 aromatic rings. The topological polar surface area (TPSA) is 50.7 Å². The van der Waals surface area contributed by atoms with Gasteiger partial charge in [-0.15, -0.1) is 0 Å². The van der Waals surface area contributed by atoms with Crippen molar-refractivity contribution in [1.82, 2.24) is 20.3 Å². The lowest BCUT2D eigenvalue weighted by Crippen LogP contribution is -2.19. The van der Waals surface area contributed by atoms with Crippen LogP contribution in [0.3, 0.4) is 0 Å². The molecule has 2 aromatic heterocycles. The number of aromatic nitrogens is 3. The highest BCUT2D eigenvalue weighted by molar-refractivity contribution is 6.35. The largest absolute Gasteiger partial charge is 0.312 e. The SMILES string of the molecule is CC(C)CNCc1cnc(-c2ncc(Cl)cc2Cl)nc1. The summed E-state index contributed by atoms with van der Waals surface area (Å²) >= 11 is 11.9. The van der Waals surface area contributed by atoms with Gasteiger partial charge in [0.2, 0.25) is 0 Å². The third kappa shape index (κ3) is 4.13. The van der Waals surface area contributed by atoms with Gasteiger partial charge in [0.05, 0.1) is 10.0 Å². The summed E-state index contributed by atoms with van der Waals surface area (Å²) in [6, 6.07) is 1.63. The van der Waals surface area contributed by atoms with E-state index in [1.54, 1.807) is 18.5 Å². The maximum absolute atomic E-state index is 6.08. The quantitative estimate of drug-likeness (QED) is 0.917. The molecule has 0 aliphatic heterocycles. The summed E-state index contributed by atoms with van der Waals surface area (Å²) in [5, 5.41) is 4.28. The zero-order chi connectivity index (χ0) is 14.5. The average Bonchev–Trinajstić information content (AvgIpc) is 2.39. The first-order chi connectivity index (χ1) is 9.56. The van der Waals surface area contributed by atoms with Gasteiger partial charge in [0.15, 0.2) is 5.82 Å². The van der Waals surface area contributed by atoms with Gasteiger partial charge in [0, 0.05) is 30.7 Å². The van der Waals surface area contributed by atoms with Crippen LogP contribution in [0.2, 0.25) is 10.0 Å². The van der Waals surface area contributed by atoms with Gasteiger partial charge in [-0.2, -0.15) is 0 Å². The van der Waals surface area contributed by atoms with E-state index in [2.05, 4.69) is 34.1 Å². The van der Waals surface area contributed by atoms with Crippen molar-refractivity contribution in [2.24, 2.45) is 5.92 Å². The molecule has 20 heavy (non-hydrogen) atoms. The second kappa shape index (κ2) is 6.97. The van der Waals surface area contributed by atoms with Crippen LogP contribution in [-0.4, -0.2) is 21.5 Å². The lowest BCUT2D eigenvalue weighted by atomic mass is 10.2. The van der Waals surface area contributed by atoms with Crippen molar-refractivity contribution in [2.45, 2.75) is 20.4 Å². The standard InChI is InChI=1S/C14H16Cl2N4/c1-9(2)4-17-5-10-6-19-14(20-7-10)13-12(16)3-11(15)8-18-13/h3,6-9,17H,4-5H2,1-2H3. The van der Waals surface area contributed by atoms with E-state index in [0.717, 1.165) is 18.7 Å². The Bertz CT molecular complexity index is 570.